The van der Waals surface area contributed by atoms with Crippen molar-refractivity contribution in [3.63, 3.8) is 0 Å². The molecule has 7 nitrogen and oxygen atoms in total. The smallest absolute Gasteiger partial charge is 0.325 e. The first-order chi connectivity index (χ1) is 19.9. The first kappa shape index (κ1) is 31.0. The summed E-state index contributed by atoms with van der Waals surface area (Å²) in [7, 11) is 1.87. The molecule has 1 fully saturated rings. The maximum atomic E-state index is 12.4. The van der Waals surface area contributed by atoms with Gasteiger partial charge in [0.05, 0.1) is 6.10 Å². The number of hydrogen-bond donors (Lipinski definition) is 3. The number of carboxylic acids is 1. The van der Waals surface area contributed by atoms with Gasteiger partial charge in [-0.25, -0.2) is 4.98 Å². The van der Waals surface area contributed by atoms with Crippen LogP contribution in [0.2, 0.25) is 0 Å². The molecule has 1 aromatic heterocycles. The molecule has 3 heterocycles. The number of hydrogen-bond acceptors (Lipinski definition) is 6. The summed E-state index contributed by atoms with van der Waals surface area (Å²) in [4.78, 5) is 19.3. The van der Waals surface area contributed by atoms with Gasteiger partial charge in [0.15, 0.2) is 0 Å². The van der Waals surface area contributed by atoms with Crippen molar-refractivity contribution in [1.29, 1.82) is 0 Å². The average Bonchev–Trinajstić information content (AvgIpc) is 2.95. The molecule has 1 aromatic carbocycles. The van der Waals surface area contributed by atoms with Crippen LogP contribution in [0.3, 0.4) is 0 Å². The lowest BCUT2D eigenvalue weighted by atomic mass is 9.91. The third kappa shape index (κ3) is 8.10. The summed E-state index contributed by atoms with van der Waals surface area (Å²) in [6.07, 6.45) is 12.4. The minimum atomic E-state index is -0.823. The third-order valence-corrected chi connectivity index (χ3v) is 8.55. The van der Waals surface area contributed by atoms with Gasteiger partial charge in [0.25, 0.3) is 0 Å². The molecule has 0 saturated carbocycles. The number of unbranched alkanes of at least 4 members (excludes halogenated alkanes) is 3. The topological polar surface area (TPSA) is 86.7 Å². The van der Waals surface area contributed by atoms with Crippen molar-refractivity contribution in [2.24, 2.45) is 5.92 Å². The molecule has 3 N–H and O–H groups in total. The number of fused-ring (bicyclic) bond motifs is 1. The van der Waals surface area contributed by atoms with Crippen LogP contribution in [-0.2, 0) is 22.4 Å². The van der Waals surface area contributed by atoms with E-state index in [1.165, 1.54) is 30.5 Å². The molecule has 0 radical (unpaired) electrons. The maximum absolute atomic E-state index is 12.4. The number of carboxylic acid groups (broad SMARTS) is 1. The molecule has 2 atom stereocenters. The standard InChI is InChI=1S/C34H50N4O3/c1-5-7-13-25-20-26-17-18-27(37-33(26)36-21-25)14-9-8-10-19-41-28-22-38(23-28)32(34(39)40)30-16-11-15-29(31(30)35-4)24(3)12-6-2/h11-12,15-18,25,28,32,35H,5-10,13-14,19-23H2,1-4H3,(H,36,37)(H,39,40)/b24-12+. The zero-order valence-electron chi connectivity index (χ0n) is 25.5. The number of rotatable bonds is 16. The molecule has 0 aliphatic carbocycles. The minimum Gasteiger partial charge on any atom is -0.480 e. The molecular formula is C34H50N4O3. The van der Waals surface area contributed by atoms with Gasteiger partial charge in [0.1, 0.15) is 11.9 Å². The third-order valence-electron chi connectivity index (χ3n) is 8.55. The monoisotopic (exact) mass is 562 g/mol. The highest BCUT2D eigenvalue weighted by atomic mass is 16.5. The van der Waals surface area contributed by atoms with Crippen LogP contribution in [0.25, 0.3) is 5.57 Å². The summed E-state index contributed by atoms with van der Waals surface area (Å²) in [5.74, 6) is 1.01. The van der Waals surface area contributed by atoms with Gasteiger partial charge in [-0.1, -0.05) is 63.5 Å². The number of pyridine rings is 1. The van der Waals surface area contributed by atoms with Gasteiger partial charge < -0.3 is 20.5 Å². The molecule has 7 heteroatoms. The quantitative estimate of drug-likeness (QED) is 0.191. The van der Waals surface area contributed by atoms with E-state index >= 15 is 0 Å². The van der Waals surface area contributed by atoms with Crippen molar-refractivity contribution in [1.82, 2.24) is 9.88 Å². The SMILES string of the molecule is CC/C=C(\C)c1cccc(C(C(=O)O)N2CC(OCCCCCc3ccc4c(n3)NCC(CCCC)C4)C2)c1NC. The molecule has 0 bridgehead atoms. The fourth-order valence-electron chi connectivity index (χ4n) is 6.24. The van der Waals surface area contributed by atoms with Crippen molar-refractivity contribution >= 4 is 23.0 Å². The summed E-state index contributed by atoms with van der Waals surface area (Å²) < 4.78 is 6.10. The number of aryl methyl sites for hydroxylation is 1. The lowest BCUT2D eigenvalue weighted by molar-refractivity contribution is -0.150. The van der Waals surface area contributed by atoms with Crippen LogP contribution in [0.1, 0.15) is 94.1 Å². The summed E-state index contributed by atoms with van der Waals surface area (Å²) in [6, 6.07) is 9.74. The van der Waals surface area contributed by atoms with E-state index < -0.39 is 12.0 Å². The van der Waals surface area contributed by atoms with Crippen LogP contribution in [0, 0.1) is 5.92 Å². The predicted molar refractivity (Wildman–Crippen MR) is 169 cm³/mol. The van der Waals surface area contributed by atoms with E-state index in [0.29, 0.717) is 19.7 Å². The number of carbonyl (C=O) groups is 1. The highest BCUT2D eigenvalue weighted by Crippen LogP contribution is 2.36. The van der Waals surface area contributed by atoms with Gasteiger partial charge in [-0.2, -0.15) is 0 Å². The molecule has 2 aliphatic heterocycles. The Balaban J connectivity index is 1.18. The predicted octanol–water partition coefficient (Wildman–Crippen LogP) is 6.95. The zero-order chi connectivity index (χ0) is 29.2. The summed E-state index contributed by atoms with van der Waals surface area (Å²) >= 11 is 0. The van der Waals surface area contributed by atoms with Crippen LogP contribution >= 0.6 is 0 Å². The summed E-state index contributed by atoms with van der Waals surface area (Å²) in [5.41, 5.74) is 6.46. The normalized spacial score (nSPS) is 18.3. The highest BCUT2D eigenvalue weighted by Gasteiger charge is 2.39. The van der Waals surface area contributed by atoms with E-state index in [1.54, 1.807) is 0 Å². The number of anilines is 2. The Labute approximate surface area is 246 Å². The Morgan fingerprint density at radius 2 is 2.02 bits per heavy atom. The number of benzene rings is 1. The van der Waals surface area contributed by atoms with Crippen molar-refractivity contribution in [3.8, 4) is 0 Å². The van der Waals surface area contributed by atoms with E-state index in [2.05, 4.69) is 55.7 Å². The van der Waals surface area contributed by atoms with Crippen molar-refractivity contribution in [2.45, 2.75) is 90.7 Å². The van der Waals surface area contributed by atoms with Crippen molar-refractivity contribution < 1.29 is 14.6 Å². The van der Waals surface area contributed by atoms with Crippen molar-refractivity contribution in [2.75, 3.05) is 43.9 Å². The molecule has 2 aliphatic rings. The van der Waals surface area contributed by atoms with E-state index in [4.69, 9.17) is 9.72 Å². The number of nitrogens with zero attached hydrogens (tertiary/aromatic N) is 2. The Hall–Kier alpha value is -2.90. The molecule has 0 amide bonds. The van der Waals surface area contributed by atoms with Gasteiger partial charge in [-0.05, 0) is 68.6 Å². The van der Waals surface area contributed by atoms with Gasteiger partial charge in [-0.15, -0.1) is 0 Å². The van der Waals surface area contributed by atoms with Crippen LogP contribution in [-0.4, -0.2) is 60.4 Å². The van der Waals surface area contributed by atoms with Crippen LogP contribution < -0.4 is 10.6 Å². The number of nitrogens with one attached hydrogen (secondary N) is 2. The fraction of sp³-hybridized carbons (Fsp3) is 0.588. The van der Waals surface area contributed by atoms with Crippen molar-refractivity contribution in [3.05, 3.63) is 58.8 Å². The second-order valence-corrected chi connectivity index (χ2v) is 11.7. The van der Waals surface area contributed by atoms with Crippen LogP contribution in [0.4, 0.5) is 11.5 Å². The van der Waals surface area contributed by atoms with E-state index in [-0.39, 0.29) is 6.10 Å². The molecule has 0 spiro atoms. The fourth-order valence-corrected chi connectivity index (χ4v) is 6.24. The second-order valence-electron chi connectivity index (χ2n) is 11.7. The highest BCUT2D eigenvalue weighted by molar-refractivity contribution is 5.84. The Morgan fingerprint density at radius 3 is 2.76 bits per heavy atom. The maximum Gasteiger partial charge on any atom is 0.325 e. The molecule has 1 saturated heterocycles. The lowest BCUT2D eigenvalue weighted by Crippen LogP contribution is -2.55. The van der Waals surface area contributed by atoms with Crippen LogP contribution in [0.5, 0.6) is 0 Å². The van der Waals surface area contributed by atoms with Gasteiger partial charge in [-0.3, -0.25) is 9.69 Å². The Bertz CT molecular complexity index is 1170. The van der Waals surface area contributed by atoms with Gasteiger partial charge in [0.2, 0.25) is 0 Å². The molecule has 224 valence electrons. The molecule has 2 aromatic rings. The first-order valence-electron chi connectivity index (χ1n) is 15.7. The molecular weight excluding hydrogens is 512 g/mol. The molecule has 41 heavy (non-hydrogen) atoms. The summed E-state index contributed by atoms with van der Waals surface area (Å²) in [6.45, 7) is 9.49. The van der Waals surface area contributed by atoms with E-state index in [1.807, 2.05) is 24.1 Å². The lowest BCUT2D eigenvalue weighted by Gasteiger charge is -2.43. The second kappa shape index (κ2) is 15.4. The number of para-hydroxylation sites is 1. The number of ether oxygens (including phenoxy) is 1. The van der Waals surface area contributed by atoms with Gasteiger partial charge >= 0.3 is 5.97 Å². The average molecular weight is 563 g/mol. The van der Waals surface area contributed by atoms with E-state index in [9.17, 15) is 9.90 Å². The minimum absolute atomic E-state index is 0.0920. The Kier molecular flexibility index (Phi) is 11.6. The molecule has 4 rings (SSSR count). The first-order valence-corrected chi connectivity index (χ1v) is 15.7. The van der Waals surface area contributed by atoms with E-state index in [0.717, 1.165) is 79.2 Å². The number of likely N-dealkylation sites (tertiary alicyclic amines) is 1. The van der Waals surface area contributed by atoms with Crippen LogP contribution in [0.15, 0.2) is 36.4 Å². The Morgan fingerprint density at radius 1 is 1.20 bits per heavy atom. The largest absolute Gasteiger partial charge is 0.480 e. The summed E-state index contributed by atoms with van der Waals surface area (Å²) in [5, 5.41) is 17.0. The number of aromatic nitrogens is 1. The molecule has 2 unspecified atom stereocenters. The zero-order valence-corrected chi connectivity index (χ0v) is 25.5. The van der Waals surface area contributed by atoms with Gasteiger partial charge in [0, 0.05) is 55.8 Å². The number of allylic oxidation sites excluding steroid dienone is 2. The number of aliphatic carboxylic acids is 1.